The van der Waals surface area contributed by atoms with Gasteiger partial charge in [-0.2, -0.15) is 0 Å². The molecule has 2 rings (SSSR count). The molecule has 2 heterocycles. The van der Waals surface area contributed by atoms with Gasteiger partial charge in [-0.25, -0.2) is 15.0 Å². The normalized spacial score (nSPS) is 11.0. The minimum atomic E-state index is 0. The van der Waals surface area contributed by atoms with Gasteiger partial charge < -0.3 is 20.1 Å². The van der Waals surface area contributed by atoms with E-state index in [4.69, 9.17) is 9.47 Å². The highest BCUT2D eigenvalue weighted by Gasteiger charge is 2.03. The van der Waals surface area contributed by atoms with Gasteiger partial charge in [0.25, 0.3) is 0 Å². The highest BCUT2D eigenvalue weighted by atomic mass is 127. The zero-order valence-electron chi connectivity index (χ0n) is 16.7. The first kappa shape index (κ1) is 24.6. The molecule has 0 radical (unpaired) electrons. The minimum Gasteiger partial charge on any atom is -0.475 e. The second-order valence-electron chi connectivity index (χ2n) is 5.79. The van der Waals surface area contributed by atoms with E-state index in [1.54, 1.807) is 24.6 Å². The Balaban J connectivity index is 0.00000392. The lowest BCUT2D eigenvalue weighted by Gasteiger charge is -2.10. The molecule has 9 heteroatoms. The molecule has 0 aliphatic heterocycles. The third-order valence-electron chi connectivity index (χ3n) is 3.68. The molecule has 156 valence electrons. The number of ether oxygens (including phenoxy) is 2. The first-order chi connectivity index (χ1) is 13.2. The molecule has 0 aliphatic rings. The molecule has 0 saturated heterocycles. The smallest absolute Gasteiger partial charge is 0.213 e. The summed E-state index contributed by atoms with van der Waals surface area (Å²) in [6, 6.07) is 3.83. The van der Waals surface area contributed by atoms with Crippen LogP contribution in [0.4, 0.5) is 0 Å². The van der Waals surface area contributed by atoms with Gasteiger partial charge in [0.05, 0.1) is 18.2 Å². The van der Waals surface area contributed by atoms with Crippen molar-refractivity contribution in [2.45, 2.75) is 33.2 Å². The fourth-order valence-corrected chi connectivity index (χ4v) is 3.11. The summed E-state index contributed by atoms with van der Waals surface area (Å²) in [5, 5.41) is 7.78. The van der Waals surface area contributed by atoms with Crippen molar-refractivity contribution in [2.75, 3.05) is 33.4 Å². The number of hydrogen-bond acceptors (Lipinski definition) is 6. The Morgan fingerprint density at radius 3 is 2.64 bits per heavy atom. The van der Waals surface area contributed by atoms with Crippen molar-refractivity contribution in [3.63, 3.8) is 0 Å². The SMILES string of the molecule is CCNC(=NCc1ccc(OCCOC)nc1)NCCc1ncc(CC)s1.I. The summed E-state index contributed by atoms with van der Waals surface area (Å²) < 4.78 is 10.4. The maximum Gasteiger partial charge on any atom is 0.213 e. The first-order valence-corrected chi connectivity index (χ1v) is 10.1. The number of aryl methyl sites for hydroxylation is 1. The number of rotatable bonds is 11. The van der Waals surface area contributed by atoms with Crippen molar-refractivity contribution in [1.29, 1.82) is 0 Å². The van der Waals surface area contributed by atoms with Crippen molar-refractivity contribution in [3.05, 3.63) is 40.0 Å². The van der Waals surface area contributed by atoms with E-state index in [1.807, 2.05) is 18.3 Å². The Kier molecular flexibility index (Phi) is 12.8. The average molecular weight is 519 g/mol. The van der Waals surface area contributed by atoms with Crippen molar-refractivity contribution in [2.24, 2.45) is 4.99 Å². The van der Waals surface area contributed by atoms with E-state index in [0.29, 0.717) is 25.6 Å². The Hall–Kier alpha value is -1.46. The number of nitrogens with zero attached hydrogens (tertiary/aromatic N) is 3. The number of hydrogen-bond donors (Lipinski definition) is 2. The van der Waals surface area contributed by atoms with Crippen molar-refractivity contribution in [3.8, 4) is 5.88 Å². The van der Waals surface area contributed by atoms with Crippen LogP contribution in [0.25, 0.3) is 0 Å². The van der Waals surface area contributed by atoms with Crippen molar-refractivity contribution in [1.82, 2.24) is 20.6 Å². The van der Waals surface area contributed by atoms with Gasteiger partial charge in [0.1, 0.15) is 6.61 Å². The summed E-state index contributed by atoms with van der Waals surface area (Å²) in [4.78, 5) is 14.7. The second-order valence-corrected chi connectivity index (χ2v) is 6.99. The Morgan fingerprint density at radius 1 is 1.14 bits per heavy atom. The van der Waals surface area contributed by atoms with E-state index < -0.39 is 0 Å². The molecule has 0 aliphatic carbocycles. The zero-order valence-corrected chi connectivity index (χ0v) is 19.9. The second kappa shape index (κ2) is 14.5. The lowest BCUT2D eigenvalue weighted by Crippen LogP contribution is -2.38. The number of nitrogens with one attached hydrogen (secondary N) is 2. The molecular formula is C19H30IN5O2S. The van der Waals surface area contributed by atoms with E-state index in [2.05, 4.69) is 39.4 Å². The third-order valence-corrected chi connectivity index (χ3v) is 4.88. The predicted molar refractivity (Wildman–Crippen MR) is 125 cm³/mol. The number of aromatic nitrogens is 2. The summed E-state index contributed by atoms with van der Waals surface area (Å²) in [6.07, 6.45) is 5.69. The molecule has 0 atom stereocenters. The third kappa shape index (κ3) is 9.16. The van der Waals surface area contributed by atoms with Crippen LogP contribution in [0, 0.1) is 0 Å². The maximum absolute atomic E-state index is 5.47. The molecule has 0 fully saturated rings. The Labute approximate surface area is 188 Å². The molecule has 7 nitrogen and oxygen atoms in total. The molecule has 0 spiro atoms. The van der Waals surface area contributed by atoms with Crippen molar-refractivity contribution < 1.29 is 9.47 Å². The summed E-state index contributed by atoms with van der Waals surface area (Å²) >= 11 is 1.78. The fourth-order valence-electron chi connectivity index (χ4n) is 2.25. The first-order valence-electron chi connectivity index (χ1n) is 9.27. The summed E-state index contributed by atoms with van der Waals surface area (Å²) in [7, 11) is 1.65. The number of aliphatic imine (C=N–C) groups is 1. The molecule has 28 heavy (non-hydrogen) atoms. The van der Waals surface area contributed by atoms with Gasteiger partial charge in [0, 0.05) is 50.0 Å². The van der Waals surface area contributed by atoms with Crippen molar-refractivity contribution >= 4 is 41.3 Å². The van der Waals surface area contributed by atoms with E-state index >= 15 is 0 Å². The highest BCUT2D eigenvalue weighted by Crippen LogP contribution is 2.13. The lowest BCUT2D eigenvalue weighted by atomic mass is 10.3. The summed E-state index contributed by atoms with van der Waals surface area (Å²) in [5.74, 6) is 1.39. The molecule has 0 unspecified atom stereocenters. The average Bonchev–Trinajstić information content (AvgIpc) is 3.15. The lowest BCUT2D eigenvalue weighted by molar-refractivity contribution is 0.143. The van der Waals surface area contributed by atoms with Crippen LogP contribution in [0.5, 0.6) is 5.88 Å². The number of methoxy groups -OCH3 is 1. The largest absolute Gasteiger partial charge is 0.475 e. The van der Waals surface area contributed by atoms with Gasteiger partial charge in [-0.3, -0.25) is 0 Å². The Bertz CT molecular complexity index is 694. The molecule has 0 amide bonds. The minimum absolute atomic E-state index is 0. The van der Waals surface area contributed by atoms with Gasteiger partial charge >= 0.3 is 0 Å². The van der Waals surface area contributed by atoms with Gasteiger partial charge in [0.15, 0.2) is 5.96 Å². The van der Waals surface area contributed by atoms with Gasteiger partial charge in [0.2, 0.25) is 5.88 Å². The molecular weight excluding hydrogens is 489 g/mol. The van der Waals surface area contributed by atoms with Gasteiger partial charge in [-0.15, -0.1) is 35.3 Å². The molecule has 0 bridgehead atoms. The number of halogens is 1. The highest BCUT2D eigenvalue weighted by molar-refractivity contribution is 14.0. The quantitative estimate of drug-likeness (QED) is 0.206. The number of pyridine rings is 1. The van der Waals surface area contributed by atoms with Crippen LogP contribution in [-0.4, -0.2) is 49.3 Å². The summed E-state index contributed by atoms with van der Waals surface area (Å²) in [5.41, 5.74) is 1.03. The van der Waals surface area contributed by atoms with E-state index in [-0.39, 0.29) is 24.0 Å². The molecule has 0 aromatic carbocycles. The Morgan fingerprint density at radius 2 is 2.00 bits per heavy atom. The number of thiazole rings is 1. The standard InChI is InChI=1S/C19H29N5O2S.HI/c1-4-16-14-23-18(27-16)8-9-21-19(20-5-2)24-13-15-6-7-17(22-12-15)26-11-10-25-3;/h6-7,12,14H,4-5,8-11,13H2,1-3H3,(H2,20,21,24);1H. The van der Waals surface area contributed by atoms with Gasteiger partial charge in [-0.05, 0) is 18.9 Å². The van der Waals surface area contributed by atoms with E-state index in [9.17, 15) is 0 Å². The van der Waals surface area contributed by atoms with E-state index in [0.717, 1.165) is 42.5 Å². The monoisotopic (exact) mass is 519 g/mol. The molecule has 0 saturated carbocycles. The number of guanidine groups is 1. The predicted octanol–water partition coefficient (Wildman–Crippen LogP) is 3.04. The molecule has 2 aromatic rings. The molecule has 2 aromatic heterocycles. The van der Waals surface area contributed by atoms with E-state index in [1.165, 1.54) is 4.88 Å². The van der Waals surface area contributed by atoms with Gasteiger partial charge in [-0.1, -0.05) is 13.0 Å². The fraction of sp³-hybridized carbons (Fsp3) is 0.526. The maximum atomic E-state index is 5.47. The summed E-state index contributed by atoms with van der Waals surface area (Å²) in [6.45, 7) is 7.41. The van der Waals surface area contributed by atoms with Crippen LogP contribution in [0.1, 0.15) is 29.3 Å². The topological polar surface area (TPSA) is 80.7 Å². The van der Waals surface area contributed by atoms with Crippen LogP contribution in [0.3, 0.4) is 0 Å². The van der Waals surface area contributed by atoms with Crippen LogP contribution >= 0.6 is 35.3 Å². The van der Waals surface area contributed by atoms with Crippen LogP contribution < -0.4 is 15.4 Å². The van der Waals surface area contributed by atoms with Crippen LogP contribution in [0.2, 0.25) is 0 Å². The zero-order chi connectivity index (χ0) is 19.3. The van der Waals surface area contributed by atoms with Crippen LogP contribution in [0.15, 0.2) is 29.5 Å². The molecule has 2 N–H and O–H groups in total. The van der Waals surface area contributed by atoms with Crippen LogP contribution in [-0.2, 0) is 24.1 Å².